The van der Waals surface area contributed by atoms with E-state index < -0.39 is 11.7 Å². The van der Waals surface area contributed by atoms with E-state index in [1.54, 1.807) is 0 Å². The van der Waals surface area contributed by atoms with Gasteiger partial charge in [-0.15, -0.1) is 0 Å². The topological polar surface area (TPSA) is 38.4 Å². The predicted molar refractivity (Wildman–Crippen MR) is 48.2 cm³/mol. The summed E-state index contributed by atoms with van der Waals surface area (Å²) in [5.74, 6) is 4.82. The highest BCUT2D eigenvalue weighted by Crippen LogP contribution is 2.31. The van der Waals surface area contributed by atoms with Crippen molar-refractivity contribution in [3.05, 3.63) is 34.3 Å². The minimum atomic E-state index is -4.39. The van der Waals surface area contributed by atoms with Crippen molar-refractivity contribution in [1.29, 1.82) is 0 Å². The van der Waals surface area contributed by atoms with Crippen LogP contribution in [0.4, 0.5) is 13.2 Å². The monoisotopic (exact) mass is 222 g/mol. The molecule has 1 rings (SSSR count). The summed E-state index contributed by atoms with van der Waals surface area (Å²) in [5, 5.41) is 3.29. The highest BCUT2D eigenvalue weighted by Gasteiger charge is 2.30. The molecule has 0 bridgehead atoms. The standard InChI is InChI=1S/C8H6ClF3N2/c9-7-2-1-6(8(10,11)12)3-5(7)4-14-13/h1-4H,13H2. The zero-order chi connectivity index (χ0) is 10.8. The van der Waals surface area contributed by atoms with Crippen molar-refractivity contribution >= 4 is 17.8 Å². The van der Waals surface area contributed by atoms with Gasteiger partial charge in [-0.2, -0.15) is 18.3 Å². The summed E-state index contributed by atoms with van der Waals surface area (Å²) in [4.78, 5) is 0. The molecule has 0 aromatic heterocycles. The summed E-state index contributed by atoms with van der Waals surface area (Å²) in [6, 6.07) is 2.94. The van der Waals surface area contributed by atoms with Gasteiger partial charge in [-0.25, -0.2) is 0 Å². The summed E-state index contributed by atoms with van der Waals surface area (Å²) in [5.41, 5.74) is -0.638. The van der Waals surface area contributed by atoms with Gasteiger partial charge in [-0.3, -0.25) is 0 Å². The summed E-state index contributed by atoms with van der Waals surface area (Å²) in [7, 11) is 0. The second kappa shape index (κ2) is 3.88. The first kappa shape index (κ1) is 10.8. The van der Waals surface area contributed by atoms with E-state index in [2.05, 4.69) is 5.10 Å². The van der Waals surface area contributed by atoms with Crippen LogP contribution >= 0.6 is 11.6 Å². The highest BCUT2D eigenvalue weighted by atomic mass is 35.5. The molecule has 0 atom stereocenters. The van der Waals surface area contributed by atoms with Gasteiger partial charge in [0.05, 0.1) is 11.8 Å². The first-order chi connectivity index (χ1) is 6.45. The molecule has 0 aliphatic heterocycles. The van der Waals surface area contributed by atoms with Gasteiger partial charge < -0.3 is 5.84 Å². The maximum Gasteiger partial charge on any atom is 0.416 e. The van der Waals surface area contributed by atoms with Crippen molar-refractivity contribution in [2.75, 3.05) is 0 Å². The van der Waals surface area contributed by atoms with Gasteiger partial charge in [0.15, 0.2) is 0 Å². The zero-order valence-corrected chi connectivity index (χ0v) is 7.60. The maximum absolute atomic E-state index is 12.2. The lowest BCUT2D eigenvalue weighted by molar-refractivity contribution is -0.137. The van der Waals surface area contributed by atoms with Crippen molar-refractivity contribution in [1.82, 2.24) is 0 Å². The number of hydrogen-bond donors (Lipinski definition) is 1. The number of nitrogens with two attached hydrogens (primary N) is 1. The smallest absolute Gasteiger partial charge is 0.323 e. The van der Waals surface area contributed by atoms with Crippen LogP contribution in [-0.4, -0.2) is 6.21 Å². The molecule has 2 N–H and O–H groups in total. The van der Waals surface area contributed by atoms with Crippen LogP contribution < -0.4 is 5.84 Å². The Hall–Kier alpha value is -1.23. The quantitative estimate of drug-likeness (QED) is 0.443. The van der Waals surface area contributed by atoms with Crippen molar-refractivity contribution in [2.45, 2.75) is 6.18 Å². The minimum absolute atomic E-state index is 0.143. The summed E-state index contributed by atoms with van der Waals surface area (Å²) < 4.78 is 36.7. The Kier molecular flexibility index (Phi) is 3.00. The van der Waals surface area contributed by atoms with E-state index in [-0.39, 0.29) is 10.6 Å². The van der Waals surface area contributed by atoms with Gasteiger partial charge in [0.25, 0.3) is 0 Å². The molecule has 0 unspecified atom stereocenters. The first-order valence-electron chi connectivity index (χ1n) is 3.55. The van der Waals surface area contributed by atoms with Crippen LogP contribution in [-0.2, 0) is 6.18 Å². The fraction of sp³-hybridized carbons (Fsp3) is 0.125. The normalized spacial score (nSPS) is 12.3. The molecule has 0 amide bonds. The number of halogens is 4. The molecule has 0 saturated carbocycles. The van der Waals surface area contributed by atoms with E-state index >= 15 is 0 Å². The first-order valence-corrected chi connectivity index (χ1v) is 3.93. The molecule has 14 heavy (non-hydrogen) atoms. The Balaban J connectivity index is 3.19. The zero-order valence-electron chi connectivity index (χ0n) is 6.85. The SMILES string of the molecule is NN=Cc1cc(C(F)(F)F)ccc1Cl. The van der Waals surface area contributed by atoms with Crippen LogP contribution in [0.3, 0.4) is 0 Å². The number of alkyl halides is 3. The second-order valence-electron chi connectivity index (χ2n) is 2.51. The Morgan fingerprint density at radius 1 is 1.36 bits per heavy atom. The second-order valence-corrected chi connectivity index (χ2v) is 2.92. The summed E-state index contributed by atoms with van der Waals surface area (Å²) >= 11 is 5.61. The summed E-state index contributed by atoms with van der Waals surface area (Å²) in [6.07, 6.45) is -3.32. The van der Waals surface area contributed by atoms with Gasteiger partial charge in [0.1, 0.15) is 0 Å². The van der Waals surface area contributed by atoms with Gasteiger partial charge in [0, 0.05) is 10.6 Å². The Labute approximate surface area is 83.2 Å². The van der Waals surface area contributed by atoms with Crippen molar-refractivity contribution < 1.29 is 13.2 Å². The van der Waals surface area contributed by atoms with Crippen molar-refractivity contribution in [3.8, 4) is 0 Å². The number of nitrogens with zero attached hydrogens (tertiary/aromatic N) is 1. The number of hydrazone groups is 1. The lowest BCUT2D eigenvalue weighted by Crippen LogP contribution is -2.05. The number of hydrogen-bond acceptors (Lipinski definition) is 2. The Morgan fingerprint density at radius 3 is 2.50 bits per heavy atom. The average molecular weight is 223 g/mol. The Morgan fingerprint density at radius 2 is 2.00 bits per heavy atom. The van der Waals surface area contributed by atoms with Crippen molar-refractivity contribution in [2.24, 2.45) is 10.9 Å². The molecule has 0 heterocycles. The molecule has 0 aliphatic carbocycles. The molecule has 6 heteroatoms. The average Bonchev–Trinajstić information content (AvgIpc) is 2.07. The van der Waals surface area contributed by atoms with E-state index in [9.17, 15) is 13.2 Å². The molecule has 1 aromatic carbocycles. The van der Waals surface area contributed by atoms with Crippen LogP contribution in [0.2, 0.25) is 5.02 Å². The molecule has 2 nitrogen and oxygen atoms in total. The van der Waals surface area contributed by atoms with E-state index in [0.29, 0.717) is 0 Å². The molecule has 0 fully saturated rings. The third-order valence-corrected chi connectivity index (χ3v) is 1.88. The molecule has 76 valence electrons. The maximum atomic E-state index is 12.2. The highest BCUT2D eigenvalue weighted by molar-refractivity contribution is 6.33. The van der Waals surface area contributed by atoms with E-state index in [4.69, 9.17) is 17.4 Å². The van der Waals surface area contributed by atoms with Crippen LogP contribution in [0.5, 0.6) is 0 Å². The predicted octanol–water partition coefficient (Wildman–Crippen LogP) is 2.65. The van der Waals surface area contributed by atoms with E-state index in [1.807, 2.05) is 0 Å². The fourth-order valence-electron chi connectivity index (χ4n) is 0.899. The minimum Gasteiger partial charge on any atom is -0.323 e. The fourth-order valence-corrected chi connectivity index (χ4v) is 1.07. The molecule has 0 spiro atoms. The lowest BCUT2D eigenvalue weighted by Gasteiger charge is -2.07. The van der Waals surface area contributed by atoms with Crippen LogP contribution in [0.15, 0.2) is 23.3 Å². The molecular weight excluding hydrogens is 217 g/mol. The van der Waals surface area contributed by atoms with Crippen molar-refractivity contribution in [3.63, 3.8) is 0 Å². The molecule has 0 radical (unpaired) electrons. The summed E-state index contributed by atoms with van der Waals surface area (Å²) in [6.45, 7) is 0. The molecule has 0 aliphatic rings. The molecule has 1 aromatic rings. The van der Waals surface area contributed by atoms with Crippen LogP contribution in [0.1, 0.15) is 11.1 Å². The Bertz CT molecular complexity index is 360. The molecule has 0 saturated heterocycles. The number of rotatable bonds is 1. The van der Waals surface area contributed by atoms with Crippen LogP contribution in [0, 0.1) is 0 Å². The lowest BCUT2D eigenvalue weighted by atomic mass is 10.1. The number of benzene rings is 1. The molecular formula is C8H6ClF3N2. The van der Waals surface area contributed by atoms with Gasteiger partial charge in [0.2, 0.25) is 0 Å². The largest absolute Gasteiger partial charge is 0.416 e. The van der Waals surface area contributed by atoms with Gasteiger partial charge in [-0.05, 0) is 18.2 Å². The third-order valence-electron chi connectivity index (χ3n) is 1.54. The van der Waals surface area contributed by atoms with E-state index in [0.717, 1.165) is 24.4 Å². The van der Waals surface area contributed by atoms with E-state index in [1.165, 1.54) is 0 Å². The van der Waals surface area contributed by atoms with Gasteiger partial charge >= 0.3 is 6.18 Å². The van der Waals surface area contributed by atoms with Crippen LogP contribution in [0.25, 0.3) is 0 Å². The third kappa shape index (κ3) is 2.38. The van der Waals surface area contributed by atoms with Gasteiger partial charge in [-0.1, -0.05) is 11.6 Å².